The number of aliphatic hydroxyl groups is 3. The first-order valence-electron chi connectivity index (χ1n) is 5.85. The highest BCUT2D eigenvalue weighted by Crippen LogP contribution is 2.38. The Morgan fingerprint density at radius 1 is 1.60 bits per heavy atom. The first-order valence-corrected chi connectivity index (χ1v) is 5.85. The highest BCUT2D eigenvalue weighted by atomic mass is 19.1. The number of carbonyl (C=O) groups is 1. The summed E-state index contributed by atoms with van der Waals surface area (Å²) in [5.74, 6) is -1.18. The maximum Gasteiger partial charge on any atom is 0.325 e. The van der Waals surface area contributed by atoms with Crippen LogP contribution in [0.4, 0.5) is 9.18 Å². The number of nitrogens with one attached hydrogen (secondary N) is 2. The molecule has 10 heteroatoms. The molecule has 0 radical (unpaired) electrons. The number of alkyl halides is 1. The summed E-state index contributed by atoms with van der Waals surface area (Å²) in [6, 6.07) is -0.755. The summed E-state index contributed by atoms with van der Waals surface area (Å²) in [5.41, 5.74) is 5.02. The van der Waals surface area contributed by atoms with Gasteiger partial charge in [0.2, 0.25) is 5.72 Å². The normalized spacial score (nSPS) is 40.8. The van der Waals surface area contributed by atoms with Crippen LogP contribution in [-0.4, -0.2) is 63.8 Å². The lowest BCUT2D eigenvalue weighted by molar-refractivity contribution is -0.132. The molecule has 0 aliphatic carbocycles. The molecule has 5 atom stereocenters. The number of hydrogen-bond donors (Lipinski definition) is 5. The summed E-state index contributed by atoms with van der Waals surface area (Å²) in [6.07, 6.45) is -1.59. The minimum Gasteiger partial charge on any atom is -0.391 e. The Balaban J connectivity index is 2.29. The van der Waals surface area contributed by atoms with Gasteiger partial charge in [0, 0.05) is 6.20 Å². The molecule has 2 rings (SSSR count). The van der Waals surface area contributed by atoms with Crippen LogP contribution < -0.4 is 5.32 Å². The van der Waals surface area contributed by atoms with Gasteiger partial charge >= 0.3 is 6.03 Å². The molecular formula is C10H15FN4O5. The molecule has 0 aromatic rings. The highest BCUT2D eigenvalue weighted by molar-refractivity contribution is 5.77. The van der Waals surface area contributed by atoms with E-state index in [4.69, 9.17) is 10.3 Å². The van der Waals surface area contributed by atoms with Crippen molar-refractivity contribution in [1.82, 2.24) is 10.2 Å². The van der Waals surface area contributed by atoms with E-state index in [9.17, 15) is 24.5 Å². The quantitative estimate of drug-likeness (QED) is 0.417. The number of nitrogens with zero attached hydrogens (tertiary/aromatic N) is 2. The van der Waals surface area contributed by atoms with E-state index in [0.29, 0.717) is 0 Å². The van der Waals surface area contributed by atoms with Crippen molar-refractivity contribution >= 4 is 6.03 Å². The van der Waals surface area contributed by atoms with E-state index in [1.165, 1.54) is 12.3 Å². The van der Waals surface area contributed by atoms with Crippen LogP contribution in [0.15, 0.2) is 17.4 Å². The van der Waals surface area contributed by atoms with Gasteiger partial charge in [0.25, 0.3) is 0 Å². The standard InChI is InChI=1S/C10H15FN4O5/c11-3-5-7(18)10(4-16,14-12)20-8(5)15-2-1-6(17)13-9(15)19/h1-2,5-8,12,16-18H,3-4H2,(H,13,19)/t5-,6?,7-,8+,10+/m0/s1. The number of aliphatic hydroxyl groups excluding tert-OH is 3. The molecule has 0 spiro atoms. The number of hydrogen-bond acceptors (Lipinski definition) is 7. The van der Waals surface area contributed by atoms with Crippen LogP contribution in [0.25, 0.3) is 0 Å². The van der Waals surface area contributed by atoms with Gasteiger partial charge in [-0.1, -0.05) is 0 Å². The molecule has 1 saturated heterocycles. The molecular weight excluding hydrogens is 275 g/mol. The fourth-order valence-electron chi connectivity index (χ4n) is 2.23. The van der Waals surface area contributed by atoms with Crippen molar-refractivity contribution in [3.05, 3.63) is 12.3 Å². The number of rotatable bonds is 4. The molecule has 2 amide bonds. The molecule has 9 nitrogen and oxygen atoms in total. The Bertz CT molecular complexity index is 436. The third-order valence-corrected chi connectivity index (χ3v) is 3.36. The number of ether oxygens (including phenoxy) is 1. The molecule has 0 aromatic heterocycles. The second kappa shape index (κ2) is 5.40. The average molecular weight is 290 g/mol. The van der Waals surface area contributed by atoms with Crippen LogP contribution in [-0.2, 0) is 4.74 Å². The molecule has 1 fully saturated rings. The SMILES string of the molecule is N=N[C@]1(CO)O[C@@H](N2C=CC(O)NC2=O)[C@@H](CF)[C@@H]1O. The van der Waals surface area contributed by atoms with Crippen molar-refractivity contribution in [1.29, 1.82) is 5.53 Å². The third kappa shape index (κ3) is 2.16. The molecule has 2 aliphatic rings. The Kier molecular flexibility index (Phi) is 3.99. The van der Waals surface area contributed by atoms with Crippen LogP contribution in [0.3, 0.4) is 0 Å². The van der Waals surface area contributed by atoms with E-state index in [2.05, 4.69) is 10.4 Å². The summed E-state index contributed by atoms with van der Waals surface area (Å²) in [4.78, 5) is 12.7. The van der Waals surface area contributed by atoms with Gasteiger partial charge in [0.1, 0.15) is 18.6 Å². The van der Waals surface area contributed by atoms with Crippen molar-refractivity contribution in [3.8, 4) is 0 Å². The fraction of sp³-hybridized carbons (Fsp3) is 0.700. The zero-order chi connectivity index (χ0) is 14.9. The van der Waals surface area contributed by atoms with Gasteiger partial charge in [-0.3, -0.25) is 9.29 Å². The lowest BCUT2D eigenvalue weighted by atomic mass is 9.97. The monoisotopic (exact) mass is 290 g/mol. The van der Waals surface area contributed by atoms with E-state index < -0.39 is 49.5 Å². The lowest BCUT2D eigenvalue weighted by Crippen LogP contribution is -2.52. The molecule has 0 bridgehead atoms. The van der Waals surface area contributed by atoms with E-state index in [0.717, 1.165) is 4.90 Å². The van der Waals surface area contributed by atoms with Crippen molar-refractivity contribution in [3.63, 3.8) is 0 Å². The molecule has 2 aliphatic heterocycles. The van der Waals surface area contributed by atoms with E-state index >= 15 is 0 Å². The Hall–Kier alpha value is -1.62. The second-order valence-corrected chi connectivity index (χ2v) is 4.53. The molecule has 20 heavy (non-hydrogen) atoms. The van der Waals surface area contributed by atoms with Crippen molar-refractivity contribution < 1.29 is 29.2 Å². The molecule has 1 unspecified atom stereocenters. The number of halogens is 1. The van der Waals surface area contributed by atoms with Crippen LogP contribution in [0.1, 0.15) is 0 Å². The van der Waals surface area contributed by atoms with Crippen molar-refractivity contribution in [2.24, 2.45) is 11.0 Å². The van der Waals surface area contributed by atoms with Gasteiger partial charge in [-0.05, 0) is 6.08 Å². The van der Waals surface area contributed by atoms with Crippen molar-refractivity contribution in [2.75, 3.05) is 13.3 Å². The van der Waals surface area contributed by atoms with Crippen LogP contribution >= 0.6 is 0 Å². The van der Waals surface area contributed by atoms with Crippen molar-refractivity contribution in [2.45, 2.75) is 24.3 Å². The summed E-state index contributed by atoms with van der Waals surface area (Å²) >= 11 is 0. The van der Waals surface area contributed by atoms with Crippen LogP contribution in [0.2, 0.25) is 0 Å². The smallest absolute Gasteiger partial charge is 0.325 e. The van der Waals surface area contributed by atoms with Crippen LogP contribution in [0, 0.1) is 11.4 Å². The molecule has 0 aromatic carbocycles. The van der Waals surface area contributed by atoms with E-state index in [1.54, 1.807) is 0 Å². The molecule has 2 heterocycles. The maximum absolute atomic E-state index is 13.1. The minimum atomic E-state index is -1.99. The summed E-state index contributed by atoms with van der Waals surface area (Å²) in [5, 5.41) is 33.6. The average Bonchev–Trinajstić information content (AvgIpc) is 2.71. The first kappa shape index (κ1) is 14.8. The Morgan fingerprint density at radius 3 is 2.80 bits per heavy atom. The van der Waals surface area contributed by atoms with Gasteiger partial charge < -0.3 is 25.4 Å². The summed E-state index contributed by atoms with van der Waals surface area (Å²) in [7, 11) is 0. The maximum atomic E-state index is 13.1. The largest absolute Gasteiger partial charge is 0.391 e. The van der Waals surface area contributed by atoms with E-state index in [-0.39, 0.29) is 0 Å². The lowest BCUT2D eigenvalue weighted by Gasteiger charge is -2.32. The molecule has 112 valence electrons. The molecule has 5 N–H and O–H groups in total. The first-order chi connectivity index (χ1) is 9.49. The predicted octanol–water partition coefficient (Wildman–Crippen LogP) is -1.13. The van der Waals surface area contributed by atoms with E-state index in [1.807, 2.05) is 0 Å². The van der Waals surface area contributed by atoms with Crippen LogP contribution in [0.5, 0.6) is 0 Å². The minimum absolute atomic E-state index is 0.755. The number of carbonyl (C=O) groups excluding carboxylic acids is 1. The van der Waals surface area contributed by atoms with Gasteiger partial charge in [-0.2, -0.15) is 5.11 Å². The fourth-order valence-corrected chi connectivity index (χ4v) is 2.23. The highest BCUT2D eigenvalue weighted by Gasteiger charge is 2.57. The molecule has 0 saturated carbocycles. The van der Waals surface area contributed by atoms with Gasteiger partial charge in [-0.15, -0.1) is 0 Å². The Morgan fingerprint density at radius 2 is 2.30 bits per heavy atom. The van der Waals surface area contributed by atoms with Gasteiger partial charge in [0.15, 0.2) is 0 Å². The zero-order valence-electron chi connectivity index (χ0n) is 10.3. The number of amides is 2. The second-order valence-electron chi connectivity index (χ2n) is 4.53. The topological polar surface area (TPSA) is 138 Å². The Labute approximate surface area is 113 Å². The predicted molar refractivity (Wildman–Crippen MR) is 60.8 cm³/mol. The third-order valence-electron chi connectivity index (χ3n) is 3.36. The van der Waals surface area contributed by atoms with Gasteiger partial charge in [0.05, 0.1) is 19.2 Å². The zero-order valence-corrected chi connectivity index (χ0v) is 10.3. The summed E-state index contributed by atoms with van der Waals surface area (Å²) < 4.78 is 18.4. The van der Waals surface area contributed by atoms with Gasteiger partial charge in [-0.25, -0.2) is 10.3 Å². The number of urea groups is 1. The summed E-state index contributed by atoms with van der Waals surface area (Å²) in [6.45, 7) is -1.87.